The van der Waals surface area contributed by atoms with Crippen molar-refractivity contribution in [3.63, 3.8) is 0 Å². The molecule has 3 rings (SSSR count). The molecule has 0 aliphatic heterocycles. The van der Waals surface area contributed by atoms with Crippen LogP contribution in [-0.2, 0) is 6.42 Å². The Hall–Kier alpha value is -2.40. The molecule has 0 unspecified atom stereocenters. The molecule has 1 amide bonds. The second-order valence-corrected chi connectivity index (χ2v) is 6.63. The van der Waals surface area contributed by atoms with Gasteiger partial charge < -0.3 is 11.1 Å². The maximum Gasteiger partial charge on any atom is 0.255 e. The SMILES string of the molecule is CCc1ccc(C(=O)Nc2c(C)cc3nc(N)sc3c2C)cc1. The van der Waals surface area contributed by atoms with Crippen LogP contribution < -0.4 is 11.1 Å². The fourth-order valence-electron chi connectivity index (χ4n) is 2.67. The zero-order valence-electron chi connectivity index (χ0n) is 13.4. The zero-order chi connectivity index (χ0) is 16.6. The molecule has 3 aromatic rings. The van der Waals surface area contributed by atoms with Crippen LogP contribution in [0.1, 0.15) is 34.0 Å². The molecule has 1 aromatic heterocycles. The van der Waals surface area contributed by atoms with E-state index in [-0.39, 0.29) is 5.91 Å². The molecule has 0 aliphatic carbocycles. The summed E-state index contributed by atoms with van der Waals surface area (Å²) < 4.78 is 1.02. The smallest absolute Gasteiger partial charge is 0.255 e. The summed E-state index contributed by atoms with van der Waals surface area (Å²) in [7, 11) is 0. The average molecular weight is 325 g/mol. The predicted octanol–water partition coefficient (Wildman–Crippen LogP) is 4.31. The van der Waals surface area contributed by atoms with Crippen LogP contribution in [0.15, 0.2) is 30.3 Å². The van der Waals surface area contributed by atoms with Crippen LogP contribution >= 0.6 is 11.3 Å². The number of thiazole rings is 1. The quantitative estimate of drug-likeness (QED) is 0.754. The highest BCUT2D eigenvalue weighted by Gasteiger charge is 2.14. The number of aromatic nitrogens is 1. The highest BCUT2D eigenvalue weighted by molar-refractivity contribution is 7.22. The lowest BCUT2D eigenvalue weighted by Crippen LogP contribution is -2.13. The highest BCUT2D eigenvalue weighted by Crippen LogP contribution is 2.34. The molecular formula is C18H19N3OS. The summed E-state index contributed by atoms with van der Waals surface area (Å²) in [5.74, 6) is -0.101. The lowest BCUT2D eigenvalue weighted by atomic mass is 10.1. The second kappa shape index (κ2) is 6.01. The van der Waals surface area contributed by atoms with Crippen LogP contribution in [0.25, 0.3) is 10.2 Å². The molecule has 0 atom stereocenters. The van der Waals surface area contributed by atoms with Gasteiger partial charge in [-0.15, -0.1) is 0 Å². The van der Waals surface area contributed by atoms with Gasteiger partial charge in [-0.3, -0.25) is 4.79 Å². The summed E-state index contributed by atoms with van der Waals surface area (Å²) in [4.78, 5) is 16.8. The largest absolute Gasteiger partial charge is 0.375 e. The van der Waals surface area contributed by atoms with Crippen molar-refractivity contribution in [1.82, 2.24) is 4.98 Å². The van der Waals surface area contributed by atoms with Gasteiger partial charge in [0.1, 0.15) is 0 Å². The van der Waals surface area contributed by atoms with Crippen LogP contribution in [0.3, 0.4) is 0 Å². The van der Waals surface area contributed by atoms with Gasteiger partial charge in [0, 0.05) is 11.3 Å². The van der Waals surface area contributed by atoms with E-state index in [1.165, 1.54) is 16.9 Å². The molecule has 0 aliphatic rings. The number of nitrogen functional groups attached to an aromatic ring is 1. The molecule has 0 spiro atoms. The number of aryl methyl sites for hydroxylation is 3. The number of anilines is 2. The molecule has 2 aromatic carbocycles. The maximum absolute atomic E-state index is 12.5. The first kappa shape index (κ1) is 15.5. The van der Waals surface area contributed by atoms with Crippen molar-refractivity contribution in [2.45, 2.75) is 27.2 Å². The van der Waals surface area contributed by atoms with Crippen LogP contribution in [0.5, 0.6) is 0 Å². The minimum absolute atomic E-state index is 0.101. The third-order valence-electron chi connectivity index (χ3n) is 4.00. The monoisotopic (exact) mass is 325 g/mol. The number of carbonyl (C=O) groups excluding carboxylic acids is 1. The molecule has 1 heterocycles. The Bertz CT molecular complexity index is 881. The van der Waals surface area contributed by atoms with E-state index in [1.807, 2.05) is 44.2 Å². The number of amides is 1. The Morgan fingerprint density at radius 1 is 1.26 bits per heavy atom. The van der Waals surface area contributed by atoms with Crippen LogP contribution in [0, 0.1) is 13.8 Å². The first-order valence-electron chi connectivity index (χ1n) is 7.56. The molecule has 0 radical (unpaired) electrons. The Morgan fingerprint density at radius 2 is 1.96 bits per heavy atom. The van der Waals surface area contributed by atoms with Gasteiger partial charge in [0.15, 0.2) is 5.13 Å². The number of benzene rings is 2. The van der Waals surface area contributed by atoms with Gasteiger partial charge in [-0.2, -0.15) is 0 Å². The molecule has 0 saturated heterocycles. The van der Waals surface area contributed by atoms with Crippen LogP contribution in [0.2, 0.25) is 0 Å². The third kappa shape index (κ3) is 2.92. The number of nitrogens with one attached hydrogen (secondary N) is 1. The number of rotatable bonds is 3. The van der Waals surface area contributed by atoms with E-state index in [0.717, 1.165) is 33.5 Å². The Labute approximate surface area is 139 Å². The molecule has 4 nitrogen and oxygen atoms in total. The minimum atomic E-state index is -0.101. The number of hydrogen-bond acceptors (Lipinski definition) is 4. The molecule has 5 heteroatoms. The van der Waals surface area contributed by atoms with Crippen LogP contribution in [-0.4, -0.2) is 10.9 Å². The fraction of sp³-hybridized carbons (Fsp3) is 0.222. The Morgan fingerprint density at radius 3 is 2.61 bits per heavy atom. The summed E-state index contributed by atoms with van der Waals surface area (Å²) in [5.41, 5.74) is 11.4. The van der Waals surface area contributed by atoms with Crippen molar-refractivity contribution in [2.75, 3.05) is 11.1 Å². The molecular weight excluding hydrogens is 306 g/mol. The second-order valence-electron chi connectivity index (χ2n) is 5.60. The molecule has 118 valence electrons. The fourth-order valence-corrected chi connectivity index (χ4v) is 3.49. The van der Waals surface area contributed by atoms with Gasteiger partial charge in [0.25, 0.3) is 5.91 Å². The van der Waals surface area contributed by atoms with Gasteiger partial charge in [-0.25, -0.2) is 4.98 Å². The van der Waals surface area contributed by atoms with E-state index in [4.69, 9.17) is 5.73 Å². The van der Waals surface area contributed by atoms with E-state index >= 15 is 0 Å². The van der Waals surface area contributed by atoms with Crippen LogP contribution in [0.4, 0.5) is 10.8 Å². The van der Waals surface area contributed by atoms with Gasteiger partial charge in [0.05, 0.1) is 10.2 Å². The van der Waals surface area contributed by atoms with Gasteiger partial charge in [0.2, 0.25) is 0 Å². The number of hydrogen-bond donors (Lipinski definition) is 2. The maximum atomic E-state index is 12.5. The molecule has 3 N–H and O–H groups in total. The number of nitrogens with two attached hydrogens (primary N) is 1. The van der Waals surface area contributed by atoms with Crippen molar-refractivity contribution in [3.05, 3.63) is 52.6 Å². The summed E-state index contributed by atoms with van der Waals surface area (Å²) in [5, 5.41) is 3.58. The first-order chi connectivity index (χ1) is 11.0. The predicted molar refractivity (Wildman–Crippen MR) is 97.3 cm³/mol. The van der Waals surface area contributed by atoms with Gasteiger partial charge in [-0.1, -0.05) is 30.4 Å². The van der Waals surface area contributed by atoms with Crippen molar-refractivity contribution >= 4 is 38.3 Å². The van der Waals surface area contributed by atoms with E-state index in [0.29, 0.717) is 10.7 Å². The zero-order valence-corrected chi connectivity index (χ0v) is 14.3. The summed E-state index contributed by atoms with van der Waals surface area (Å²) in [6, 6.07) is 9.67. The number of fused-ring (bicyclic) bond motifs is 1. The summed E-state index contributed by atoms with van der Waals surface area (Å²) >= 11 is 1.44. The van der Waals surface area contributed by atoms with Crippen molar-refractivity contribution < 1.29 is 4.79 Å². The molecule has 0 saturated carbocycles. The molecule has 0 fully saturated rings. The van der Waals surface area contributed by atoms with Crippen molar-refractivity contribution in [2.24, 2.45) is 0 Å². The average Bonchev–Trinajstić information content (AvgIpc) is 2.91. The Kier molecular flexibility index (Phi) is 4.05. The van der Waals surface area contributed by atoms with E-state index in [9.17, 15) is 4.79 Å². The summed E-state index contributed by atoms with van der Waals surface area (Å²) in [6.07, 6.45) is 0.962. The van der Waals surface area contributed by atoms with E-state index in [1.54, 1.807) is 0 Å². The molecule has 0 bridgehead atoms. The van der Waals surface area contributed by atoms with Gasteiger partial charge in [-0.05, 0) is 55.2 Å². The highest BCUT2D eigenvalue weighted by atomic mass is 32.1. The molecule has 23 heavy (non-hydrogen) atoms. The minimum Gasteiger partial charge on any atom is -0.375 e. The Balaban J connectivity index is 1.95. The standard InChI is InChI=1S/C18H19N3OS/c1-4-12-5-7-13(8-6-12)17(22)21-15-10(2)9-14-16(11(15)3)23-18(19)20-14/h5-9H,4H2,1-3H3,(H2,19,20)(H,21,22). The first-order valence-corrected chi connectivity index (χ1v) is 8.37. The topological polar surface area (TPSA) is 68.0 Å². The lowest BCUT2D eigenvalue weighted by molar-refractivity contribution is 0.102. The van der Waals surface area contributed by atoms with E-state index < -0.39 is 0 Å². The van der Waals surface area contributed by atoms with Gasteiger partial charge >= 0.3 is 0 Å². The van der Waals surface area contributed by atoms with E-state index in [2.05, 4.69) is 17.2 Å². The summed E-state index contributed by atoms with van der Waals surface area (Å²) in [6.45, 7) is 6.05. The van der Waals surface area contributed by atoms with Crippen molar-refractivity contribution in [3.8, 4) is 0 Å². The number of carbonyl (C=O) groups is 1. The lowest BCUT2D eigenvalue weighted by Gasteiger charge is -2.12. The normalized spacial score (nSPS) is 10.9. The van der Waals surface area contributed by atoms with Crippen molar-refractivity contribution in [1.29, 1.82) is 0 Å². The number of nitrogens with zero attached hydrogens (tertiary/aromatic N) is 1. The third-order valence-corrected chi connectivity index (χ3v) is 5.02.